The molecule has 1 aliphatic heterocycles. The van der Waals surface area contributed by atoms with Gasteiger partial charge in [0.1, 0.15) is 11.4 Å². The van der Waals surface area contributed by atoms with E-state index < -0.39 is 0 Å². The summed E-state index contributed by atoms with van der Waals surface area (Å²) >= 11 is 0. The number of aryl methyl sites for hydroxylation is 1. The molecule has 0 aromatic heterocycles. The lowest BCUT2D eigenvalue weighted by Crippen LogP contribution is -2.49. The molecule has 1 heteroatoms. The zero-order valence-corrected chi connectivity index (χ0v) is 12.0. The largest absolute Gasteiger partial charge is 0.487 e. The molecule has 1 heterocycles. The Kier molecular flexibility index (Phi) is 2.69. The zero-order valence-electron chi connectivity index (χ0n) is 12.0. The average molecular weight is 244 g/mol. The van der Waals surface area contributed by atoms with Crippen LogP contribution in [0.15, 0.2) is 18.2 Å². The summed E-state index contributed by atoms with van der Waals surface area (Å²) in [5.41, 5.74) is 2.85. The molecular formula is C17H24O. The van der Waals surface area contributed by atoms with Crippen LogP contribution in [0.3, 0.4) is 0 Å². The van der Waals surface area contributed by atoms with Gasteiger partial charge < -0.3 is 4.74 Å². The van der Waals surface area contributed by atoms with Crippen molar-refractivity contribution in [2.75, 3.05) is 0 Å². The third kappa shape index (κ3) is 1.67. The highest BCUT2D eigenvalue weighted by atomic mass is 16.5. The van der Waals surface area contributed by atoms with Crippen LogP contribution in [0.25, 0.3) is 0 Å². The van der Waals surface area contributed by atoms with Crippen LogP contribution in [-0.4, -0.2) is 5.60 Å². The van der Waals surface area contributed by atoms with Crippen molar-refractivity contribution >= 4 is 0 Å². The van der Waals surface area contributed by atoms with Crippen LogP contribution in [0, 0.1) is 18.8 Å². The Labute approximate surface area is 111 Å². The third-order valence-electron chi connectivity index (χ3n) is 5.21. The van der Waals surface area contributed by atoms with Crippen molar-refractivity contribution in [2.45, 2.75) is 58.5 Å². The summed E-state index contributed by atoms with van der Waals surface area (Å²) in [4.78, 5) is 0. The first-order valence-electron chi connectivity index (χ1n) is 7.31. The molecule has 0 amide bonds. The summed E-state index contributed by atoms with van der Waals surface area (Å²) in [5.74, 6) is 3.25. The van der Waals surface area contributed by atoms with Crippen LogP contribution in [0.4, 0.5) is 0 Å². The van der Waals surface area contributed by atoms with Crippen molar-refractivity contribution in [2.24, 2.45) is 11.8 Å². The lowest BCUT2D eigenvalue weighted by molar-refractivity contribution is -0.0472. The van der Waals surface area contributed by atoms with E-state index in [0.717, 1.165) is 11.7 Å². The highest BCUT2D eigenvalue weighted by Gasteiger charge is 2.48. The predicted octanol–water partition coefficient (Wildman–Crippen LogP) is 4.69. The molecule has 98 valence electrons. The van der Waals surface area contributed by atoms with Gasteiger partial charge in [-0.2, -0.15) is 0 Å². The van der Waals surface area contributed by atoms with Gasteiger partial charge in [-0.3, -0.25) is 0 Å². The van der Waals surface area contributed by atoms with Gasteiger partial charge in [-0.05, 0) is 61.1 Å². The molecule has 3 unspecified atom stereocenters. The zero-order chi connectivity index (χ0) is 12.9. The van der Waals surface area contributed by atoms with E-state index in [1.54, 1.807) is 0 Å². The minimum absolute atomic E-state index is 0.0952. The standard InChI is InChI=1S/C17H24O/c1-11(2)17-8-7-13(4)15(10-17)14-6-5-12(3)9-16(14)18-17/h5-6,9,11,13,15H,7-8,10H2,1-4H3. The van der Waals surface area contributed by atoms with Crippen molar-refractivity contribution in [3.05, 3.63) is 29.3 Å². The molecule has 0 spiro atoms. The Balaban J connectivity index is 2.09. The number of benzene rings is 1. The molecule has 0 radical (unpaired) electrons. The Morgan fingerprint density at radius 1 is 1.33 bits per heavy atom. The maximum absolute atomic E-state index is 6.48. The fraction of sp³-hybridized carbons (Fsp3) is 0.647. The molecule has 3 rings (SSSR count). The molecular weight excluding hydrogens is 220 g/mol. The first kappa shape index (κ1) is 12.1. The fourth-order valence-corrected chi connectivity index (χ4v) is 3.76. The summed E-state index contributed by atoms with van der Waals surface area (Å²) in [6, 6.07) is 6.75. The number of ether oxygens (including phenoxy) is 1. The highest BCUT2D eigenvalue weighted by Crippen LogP contribution is 2.53. The van der Waals surface area contributed by atoms with Gasteiger partial charge in [-0.1, -0.05) is 32.9 Å². The molecule has 0 saturated heterocycles. The van der Waals surface area contributed by atoms with E-state index in [-0.39, 0.29) is 5.60 Å². The van der Waals surface area contributed by atoms with E-state index in [1.807, 2.05) is 0 Å². The molecule has 1 aromatic carbocycles. The van der Waals surface area contributed by atoms with E-state index in [1.165, 1.54) is 30.4 Å². The lowest BCUT2D eigenvalue weighted by atomic mass is 9.64. The Hall–Kier alpha value is -0.980. The first-order valence-corrected chi connectivity index (χ1v) is 7.31. The maximum Gasteiger partial charge on any atom is 0.123 e. The van der Waals surface area contributed by atoms with Crippen LogP contribution in [-0.2, 0) is 0 Å². The molecule has 2 aliphatic rings. The van der Waals surface area contributed by atoms with Gasteiger partial charge >= 0.3 is 0 Å². The normalized spacial score (nSPS) is 34.1. The Morgan fingerprint density at radius 3 is 2.83 bits per heavy atom. The maximum atomic E-state index is 6.48. The molecule has 1 nitrogen and oxygen atoms in total. The smallest absolute Gasteiger partial charge is 0.123 e. The number of rotatable bonds is 1. The lowest BCUT2D eigenvalue weighted by Gasteiger charge is -2.50. The second-order valence-corrected chi connectivity index (χ2v) is 6.69. The van der Waals surface area contributed by atoms with Gasteiger partial charge in [-0.15, -0.1) is 0 Å². The first-order chi connectivity index (χ1) is 8.52. The summed E-state index contributed by atoms with van der Waals surface area (Å²) in [5, 5.41) is 0. The minimum Gasteiger partial charge on any atom is -0.487 e. The van der Waals surface area contributed by atoms with Crippen LogP contribution in [0.2, 0.25) is 0 Å². The Morgan fingerprint density at radius 2 is 2.11 bits per heavy atom. The van der Waals surface area contributed by atoms with Crippen LogP contribution in [0.5, 0.6) is 5.75 Å². The summed E-state index contributed by atoms with van der Waals surface area (Å²) in [6.45, 7) is 9.19. The molecule has 18 heavy (non-hydrogen) atoms. The van der Waals surface area contributed by atoms with Crippen molar-refractivity contribution in [1.29, 1.82) is 0 Å². The van der Waals surface area contributed by atoms with E-state index in [4.69, 9.17) is 4.74 Å². The molecule has 3 atom stereocenters. The minimum atomic E-state index is 0.0952. The number of hydrogen-bond donors (Lipinski definition) is 0. The van der Waals surface area contributed by atoms with Gasteiger partial charge in [0.05, 0.1) is 0 Å². The van der Waals surface area contributed by atoms with E-state index >= 15 is 0 Å². The van der Waals surface area contributed by atoms with Crippen LogP contribution < -0.4 is 4.74 Å². The monoisotopic (exact) mass is 244 g/mol. The molecule has 1 aliphatic carbocycles. The third-order valence-corrected chi connectivity index (χ3v) is 5.21. The van der Waals surface area contributed by atoms with Crippen LogP contribution in [0.1, 0.15) is 57.1 Å². The van der Waals surface area contributed by atoms with E-state index in [9.17, 15) is 0 Å². The van der Waals surface area contributed by atoms with Gasteiger partial charge in [0.25, 0.3) is 0 Å². The molecule has 0 N–H and O–H groups in total. The summed E-state index contributed by atoms with van der Waals surface area (Å²) in [6.07, 6.45) is 3.73. The van der Waals surface area contributed by atoms with E-state index in [2.05, 4.69) is 45.9 Å². The quantitative estimate of drug-likeness (QED) is 0.696. The summed E-state index contributed by atoms with van der Waals surface area (Å²) < 4.78 is 6.48. The van der Waals surface area contributed by atoms with E-state index in [0.29, 0.717) is 11.8 Å². The second kappa shape index (κ2) is 4.01. The van der Waals surface area contributed by atoms with Gasteiger partial charge in [0.2, 0.25) is 0 Å². The van der Waals surface area contributed by atoms with Crippen molar-refractivity contribution in [1.82, 2.24) is 0 Å². The van der Waals surface area contributed by atoms with Crippen molar-refractivity contribution < 1.29 is 4.74 Å². The summed E-state index contributed by atoms with van der Waals surface area (Å²) in [7, 11) is 0. The predicted molar refractivity (Wildman–Crippen MR) is 75.1 cm³/mol. The van der Waals surface area contributed by atoms with Gasteiger partial charge in [0.15, 0.2) is 0 Å². The van der Waals surface area contributed by atoms with Crippen LogP contribution >= 0.6 is 0 Å². The van der Waals surface area contributed by atoms with Gasteiger partial charge in [0, 0.05) is 0 Å². The number of fused-ring (bicyclic) bond motifs is 4. The highest BCUT2D eigenvalue weighted by molar-refractivity contribution is 5.43. The molecule has 2 bridgehead atoms. The molecule has 1 aromatic rings. The SMILES string of the molecule is Cc1ccc2c(c1)OC1(C(C)C)CCC(C)C2C1. The molecule has 1 saturated carbocycles. The van der Waals surface area contributed by atoms with Crippen molar-refractivity contribution in [3.8, 4) is 5.75 Å². The number of hydrogen-bond acceptors (Lipinski definition) is 1. The Bertz CT molecular complexity index is 463. The topological polar surface area (TPSA) is 9.23 Å². The second-order valence-electron chi connectivity index (χ2n) is 6.69. The van der Waals surface area contributed by atoms with Gasteiger partial charge in [-0.25, -0.2) is 0 Å². The van der Waals surface area contributed by atoms with Crippen molar-refractivity contribution in [3.63, 3.8) is 0 Å². The fourth-order valence-electron chi connectivity index (χ4n) is 3.76. The molecule has 1 fully saturated rings. The average Bonchev–Trinajstić information content (AvgIpc) is 2.33.